The monoisotopic (exact) mass is 876 g/mol. The van der Waals surface area contributed by atoms with Crippen molar-refractivity contribution in [1.29, 1.82) is 0 Å². The Morgan fingerprint density at radius 2 is 1.80 bits per heavy atom. The van der Waals surface area contributed by atoms with Crippen LogP contribution in [0.3, 0.4) is 0 Å². The molecule has 324 valence electrons. The van der Waals surface area contributed by atoms with Gasteiger partial charge in [0.25, 0.3) is 5.91 Å². The van der Waals surface area contributed by atoms with Crippen LogP contribution in [0.4, 0.5) is 9.18 Å². The third kappa shape index (κ3) is 9.15. The van der Waals surface area contributed by atoms with Crippen LogP contribution in [-0.2, 0) is 29.1 Å². The smallest absolute Gasteiger partial charge is 0.408 e. The second-order valence-electron chi connectivity index (χ2n) is 17.2. The van der Waals surface area contributed by atoms with Crippen LogP contribution in [-0.4, -0.2) is 95.3 Å². The van der Waals surface area contributed by atoms with Crippen LogP contribution in [0.2, 0.25) is 0 Å². The second-order valence-corrected chi connectivity index (χ2v) is 20.2. The number of sulfonamides is 1. The van der Waals surface area contributed by atoms with Crippen molar-refractivity contribution in [2.45, 2.75) is 113 Å². The number of halogens is 1. The van der Waals surface area contributed by atoms with Crippen LogP contribution >= 0.6 is 11.3 Å². The van der Waals surface area contributed by atoms with Crippen molar-refractivity contribution in [3.63, 3.8) is 0 Å². The molecule has 4 aliphatic rings. The van der Waals surface area contributed by atoms with Crippen LogP contribution in [0.15, 0.2) is 54.6 Å². The number of amides is 4. The average molecular weight is 877 g/mol. The van der Waals surface area contributed by atoms with Gasteiger partial charge in [-0.05, 0) is 102 Å². The van der Waals surface area contributed by atoms with Crippen molar-refractivity contribution in [2.75, 3.05) is 13.7 Å². The number of aromatic nitrogens is 2. The number of alkyl carbamates (subject to hydrolysis) is 1. The molecule has 2 aliphatic carbocycles. The third-order valence-electron chi connectivity index (χ3n) is 11.4. The molecule has 2 aromatic heterocycles. The summed E-state index contributed by atoms with van der Waals surface area (Å²) in [5.74, 6) is -1.88. The summed E-state index contributed by atoms with van der Waals surface area (Å²) >= 11 is 1.31. The van der Waals surface area contributed by atoms with E-state index in [1.807, 2.05) is 12.2 Å². The van der Waals surface area contributed by atoms with Gasteiger partial charge < -0.3 is 29.7 Å². The van der Waals surface area contributed by atoms with Crippen LogP contribution in [0.5, 0.6) is 11.6 Å². The molecular formula is C43H49FN6O9S2. The summed E-state index contributed by atoms with van der Waals surface area (Å²) in [6, 6.07) is 9.25. The highest BCUT2D eigenvalue weighted by molar-refractivity contribution is 7.91. The van der Waals surface area contributed by atoms with Crippen molar-refractivity contribution in [2.24, 2.45) is 5.92 Å². The van der Waals surface area contributed by atoms with E-state index in [0.29, 0.717) is 58.4 Å². The molecule has 0 bridgehead atoms. The topological polar surface area (TPSA) is 195 Å². The Bertz CT molecular complexity index is 2520. The van der Waals surface area contributed by atoms with E-state index in [4.69, 9.17) is 24.2 Å². The molecule has 2 aromatic carbocycles. The lowest BCUT2D eigenvalue weighted by molar-refractivity contribution is -0.141. The molecular weight excluding hydrogens is 828 g/mol. The zero-order valence-electron chi connectivity index (χ0n) is 34.4. The minimum atomic E-state index is -3.94. The van der Waals surface area contributed by atoms with Crippen LogP contribution < -0.4 is 24.8 Å². The molecule has 8 rings (SSSR count). The summed E-state index contributed by atoms with van der Waals surface area (Å²) in [6.45, 7) is 5.03. The molecule has 0 unspecified atom stereocenters. The maximum absolute atomic E-state index is 14.7. The highest BCUT2D eigenvalue weighted by atomic mass is 32.2. The van der Waals surface area contributed by atoms with Crippen LogP contribution in [0.1, 0.15) is 78.6 Å². The number of fused-ring (bicyclic) bond motifs is 5. The number of carbonyl (C=O) groups excluding carboxylic acids is 4. The van der Waals surface area contributed by atoms with Gasteiger partial charge in [0.05, 0.1) is 24.4 Å². The van der Waals surface area contributed by atoms with Gasteiger partial charge in [-0.15, -0.1) is 11.3 Å². The lowest BCUT2D eigenvalue weighted by Crippen LogP contribution is -2.58. The zero-order valence-corrected chi connectivity index (χ0v) is 36.0. The summed E-state index contributed by atoms with van der Waals surface area (Å²) in [6.07, 6.45) is 6.18. The minimum absolute atomic E-state index is 0.0435. The number of hydrogen-bond donors (Lipinski definition) is 3. The summed E-state index contributed by atoms with van der Waals surface area (Å²) in [4.78, 5) is 67.3. The molecule has 2 aliphatic heterocycles. The Morgan fingerprint density at radius 3 is 2.52 bits per heavy atom. The van der Waals surface area contributed by atoms with Crippen LogP contribution in [0, 0.1) is 11.7 Å². The Morgan fingerprint density at radius 1 is 1.03 bits per heavy atom. The van der Waals surface area contributed by atoms with Crippen molar-refractivity contribution in [1.82, 2.24) is 30.2 Å². The fourth-order valence-corrected chi connectivity index (χ4v) is 10.4. The Kier molecular flexibility index (Phi) is 11.4. The summed E-state index contributed by atoms with van der Waals surface area (Å²) < 4.78 is 61.5. The first kappa shape index (κ1) is 42.3. The quantitative estimate of drug-likeness (QED) is 0.178. The maximum Gasteiger partial charge on any atom is 0.408 e. The van der Waals surface area contributed by atoms with Gasteiger partial charge in [0.1, 0.15) is 45.6 Å². The molecule has 4 amide bonds. The first-order valence-corrected chi connectivity index (χ1v) is 23.0. The molecule has 2 saturated carbocycles. The normalized spacial score (nSPS) is 24.8. The molecule has 15 nitrogen and oxygen atoms in total. The lowest BCUT2D eigenvalue weighted by atomic mass is 10.0. The SMILES string of the molecule is COc1ccc(-c2nc(O[C@@H]3C[C@H]4C(=O)N[C@]5(C(=O)NS(=O)(=O)C6CC6)C[C@H]5C=CCCCCC[C@H](NC(=O)OC(C)(C)C)C(=O)N4C3)c3sc4ccc(F)cc4c3n2)cc1. The first-order chi connectivity index (χ1) is 29.0. The number of nitrogens with zero attached hydrogens (tertiary/aromatic N) is 3. The molecule has 3 N–H and O–H groups in total. The van der Waals surface area contributed by atoms with Crippen molar-refractivity contribution < 1.29 is 46.2 Å². The van der Waals surface area contributed by atoms with E-state index in [-0.39, 0.29) is 31.7 Å². The van der Waals surface area contributed by atoms with Crippen molar-refractivity contribution in [3.8, 4) is 23.0 Å². The van der Waals surface area contributed by atoms with Crippen LogP contribution in [0.25, 0.3) is 31.7 Å². The molecule has 0 spiro atoms. The molecule has 1 saturated heterocycles. The minimum Gasteiger partial charge on any atom is -0.497 e. The Labute approximate surface area is 356 Å². The van der Waals surface area contributed by atoms with Gasteiger partial charge in [0.2, 0.25) is 27.7 Å². The maximum atomic E-state index is 14.7. The molecule has 0 radical (unpaired) electrons. The van der Waals surface area contributed by atoms with Crippen molar-refractivity contribution in [3.05, 3.63) is 60.4 Å². The fourth-order valence-electron chi connectivity index (χ4n) is 7.99. The number of methoxy groups -OCH3 is 1. The van der Waals surface area contributed by atoms with E-state index in [9.17, 15) is 32.0 Å². The fraction of sp³-hybridized carbons (Fsp3) is 0.488. The van der Waals surface area contributed by atoms with E-state index < -0.39 is 80.2 Å². The molecule has 3 fully saturated rings. The number of benzene rings is 2. The van der Waals surface area contributed by atoms with Gasteiger partial charge in [0.15, 0.2) is 5.82 Å². The molecule has 4 aromatic rings. The number of ether oxygens (including phenoxy) is 3. The number of carbonyl (C=O) groups is 4. The largest absolute Gasteiger partial charge is 0.497 e. The average Bonchev–Trinajstić information content (AvgIpc) is 4.11. The number of rotatable bonds is 8. The van der Waals surface area contributed by atoms with Gasteiger partial charge >= 0.3 is 6.09 Å². The second kappa shape index (κ2) is 16.5. The Hall–Kier alpha value is -5.36. The molecule has 18 heteroatoms. The highest BCUT2D eigenvalue weighted by Crippen LogP contribution is 2.46. The predicted molar refractivity (Wildman–Crippen MR) is 226 cm³/mol. The van der Waals surface area contributed by atoms with E-state index in [1.54, 1.807) is 58.2 Å². The number of allylic oxidation sites excluding steroid dienone is 1. The standard InChI is InChI=1S/C43H49FN6O9S2/c1-42(2,3)59-41(54)45-31-11-9-7-5-6-8-10-25-22-43(25,40(53)49-61(55,56)29-17-18-29)48-37(51)32-21-28(23-50(32)39(31)52)58-38-35-34(30-20-26(44)14-19-33(30)60-35)46-36(47-38)24-12-15-27(57-4)16-13-24/h8,10,12-16,19-20,25,28-29,31-32H,5-7,9,11,17-18,21-23H2,1-4H3,(H,45,54)(H,48,51)(H,49,53)/t25-,28-,31+,32+,43-/m1/s1. The highest BCUT2D eigenvalue weighted by Gasteiger charge is 2.62. The number of thiophene rings is 1. The number of nitrogens with one attached hydrogen (secondary N) is 3. The van der Waals surface area contributed by atoms with Gasteiger partial charge in [-0.3, -0.25) is 19.1 Å². The van der Waals surface area contributed by atoms with E-state index in [0.717, 1.165) is 17.5 Å². The predicted octanol–water partition coefficient (Wildman–Crippen LogP) is 5.90. The van der Waals surface area contributed by atoms with Gasteiger partial charge in [-0.25, -0.2) is 22.6 Å². The van der Waals surface area contributed by atoms with E-state index in [2.05, 4.69) is 15.4 Å². The van der Waals surface area contributed by atoms with E-state index in [1.165, 1.54) is 28.4 Å². The van der Waals surface area contributed by atoms with Gasteiger partial charge in [-0.2, -0.15) is 4.98 Å². The molecule has 4 heterocycles. The Balaban J connectivity index is 1.15. The summed E-state index contributed by atoms with van der Waals surface area (Å²) in [7, 11) is -2.38. The summed E-state index contributed by atoms with van der Waals surface area (Å²) in [5, 5.41) is 5.52. The zero-order chi connectivity index (χ0) is 43.3. The lowest BCUT2D eigenvalue weighted by Gasteiger charge is -2.30. The van der Waals surface area contributed by atoms with Gasteiger partial charge in [-0.1, -0.05) is 25.0 Å². The summed E-state index contributed by atoms with van der Waals surface area (Å²) in [5.41, 5.74) is -1.31. The van der Waals surface area contributed by atoms with Gasteiger partial charge in [0, 0.05) is 28.0 Å². The van der Waals surface area contributed by atoms with Crippen molar-refractivity contribution >= 4 is 65.5 Å². The molecule has 5 atom stereocenters. The third-order valence-corrected chi connectivity index (χ3v) is 14.4. The van der Waals surface area contributed by atoms with E-state index >= 15 is 0 Å². The first-order valence-electron chi connectivity index (χ1n) is 20.6. The number of hydrogen-bond acceptors (Lipinski definition) is 12. The molecule has 61 heavy (non-hydrogen) atoms.